The van der Waals surface area contributed by atoms with Gasteiger partial charge in [0.15, 0.2) is 0 Å². The van der Waals surface area contributed by atoms with E-state index in [4.69, 9.17) is 4.74 Å². The molecule has 26 heavy (non-hydrogen) atoms. The van der Waals surface area contributed by atoms with E-state index in [9.17, 15) is 4.79 Å². The molecule has 1 aliphatic heterocycles. The van der Waals surface area contributed by atoms with Gasteiger partial charge in [-0.15, -0.1) is 11.3 Å². The van der Waals surface area contributed by atoms with Gasteiger partial charge in [0.05, 0.1) is 19.8 Å². The van der Waals surface area contributed by atoms with E-state index in [-0.39, 0.29) is 12.1 Å². The summed E-state index contributed by atoms with van der Waals surface area (Å²) in [7, 11) is 1.82. The molecule has 1 atom stereocenters. The van der Waals surface area contributed by atoms with Crippen LogP contribution in [0.4, 0.5) is 4.79 Å². The molecule has 6 nitrogen and oxygen atoms in total. The summed E-state index contributed by atoms with van der Waals surface area (Å²) in [4.78, 5) is 22.0. The van der Waals surface area contributed by atoms with E-state index in [0.717, 1.165) is 48.3 Å². The molecule has 140 valence electrons. The minimum Gasteiger partial charge on any atom is -0.379 e. The number of aromatic nitrogens is 1. The highest BCUT2D eigenvalue weighted by molar-refractivity contribution is 7.15. The van der Waals surface area contributed by atoms with E-state index < -0.39 is 0 Å². The van der Waals surface area contributed by atoms with Gasteiger partial charge < -0.3 is 15.0 Å². The van der Waals surface area contributed by atoms with Crippen LogP contribution in [-0.4, -0.2) is 66.8 Å². The number of nitrogens with one attached hydrogen (secondary N) is 1. The zero-order valence-electron chi connectivity index (χ0n) is 15.4. The summed E-state index contributed by atoms with van der Waals surface area (Å²) in [5, 5.41) is 4.06. The Kier molecular flexibility index (Phi) is 6.60. The number of hydrogen-bond donors (Lipinski definition) is 1. The number of ether oxygens (including phenoxy) is 1. The van der Waals surface area contributed by atoms with Gasteiger partial charge in [0.1, 0.15) is 5.01 Å². The predicted octanol–water partition coefficient (Wildman–Crippen LogP) is 2.67. The fraction of sp³-hybridized carbons (Fsp3) is 0.474. The van der Waals surface area contributed by atoms with E-state index in [2.05, 4.69) is 15.2 Å². The lowest BCUT2D eigenvalue weighted by molar-refractivity contribution is 0.0347. The third kappa shape index (κ3) is 5.27. The quantitative estimate of drug-likeness (QED) is 0.845. The van der Waals surface area contributed by atoms with Crippen LogP contribution in [0.1, 0.15) is 11.8 Å². The number of rotatable bonds is 6. The Morgan fingerprint density at radius 3 is 2.81 bits per heavy atom. The molecule has 1 saturated heterocycles. The van der Waals surface area contributed by atoms with Crippen molar-refractivity contribution in [1.29, 1.82) is 0 Å². The number of morpholine rings is 1. The topological polar surface area (TPSA) is 57.7 Å². The minimum absolute atomic E-state index is 0.0552. The average Bonchev–Trinajstić information content (AvgIpc) is 3.11. The largest absolute Gasteiger partial charge is 0.379 e. The smallest absolute Gasteiger partial charge is 0.317 e. The number of carbonyl (C=O) groups is 1. The molecule has 3 rings (SSSR count). The first-order valence-electron chi connectivity index (χ1n) is 8.93. The summed E-state index contributed by atoms with van der Waals surface area (Å²) < 4.78 is 5.36. The summed E-state index contributed by atoms with van der Waals surface area (Å²) in [6, 6.07) is 10.1. The predicted molar refractivity (Wildman–Crippen MR) is 104 cm³/mol. The summed E-state index contributed by atoms with van der Waals surface area (Å²) in [6.07, 6.45) is 1.86. The van der Waals surface area contributed by atoms with Crippen molar-refractivity contribution in [3.8, 4) is 10.6 Å². The summed E-state index contributed by atoms with van der Waals surface area (Å²) in [5.41, 5.74) is 1.11. The van der Waals surface area contributed by atoms with Crippen molar-refractivity contribution in [3.05, 3.63) is 41.4 Å². The second-order valence-electron chi connectivity index (χ2n) is 6.62. The van der Waals surface area contributed by atoms with Gasteiger partial charge in [0.2, 0.25) is 0 Å². The van der Waals surface area contributed by atoms with Crippen molar-refractivity contribution in [2.75, 3.05) is 39.9 Å². The summed E-state index contributed by atoms with van der Waals surface area (Å²) in [6.45, 7) is 6.85. The average molecular weight is 375 g/mol. The first kappa shape index (κ1) is 18.8. The van der Waals surface area contributed by atoms with Gasteiger partial charge in [-0.3, -0.25) is 4.90 Å². The standard InChI is InChI=1S/C19H26N4O2S/c1-15(13-23-8-10-25-11-9-23)21-19(24)22(2)14-17-12-20-18(26-17)16-6-4-3-5-7-16/h3-7,12,15H,8-11,13-14H2,1-2H3,(H,21,24). The molecule has 2 aromatic rings. The van der Waals surface area contributed by atoms with Crippen molar-refractivity contribution in [2.24, 2.45) is 0 Å². The number of amides is 2. The number of benzene rings is 1. The lowest BCUT2D eigenvalue weighted by Crippen LogP contribution is -2.48. The molecular formula is C19H26N4O2S. The molecule has 2 amide bonds. The van der Waals surface area contributed by atoms with Gasteiger partial charge >= 0.3 is 6.03 Å². The third-order valence-corrected chi connectivity index (χ3v) is 5.35. The number of carbonyl (C=O) groups excluding carboxylic acids is 1. The number of hydrogen-bond acceptors (Lipinski definition) is 5. The van der Waals surface area contributed by atoms with Gasteiger partial charge in [-0.1, -0.05) is 30.3 Å². The fourth-order valence-electron chi connectivity index (χ4n) is 2.94. The maximum atomic E-state index is 12.4. The van der Waals surface area contributed by atoms with Gasteiger partial charge in [-0.25, -0.2) is 9.78 Å². The van der Waals surface area contributed by atoms with Gasteiger partial charge in [-0.05, 0) is 6.92 Å². The maximum Gasteiger partial charge on any atom is 0.317 e. The maximum absolute atomic E-state index is 12.4. The third-order valence-electron chi connectivity index (χ3n) is 4.32. The molecule has 1 unspecified atom stereocenters. The SMILES string of the molecule is CC(CN1CCOCC1)NC(=O)N(C)Cc1cnc(-c2ccccc2)s1. The van der Waals surface area contributed by atoms with E-state index in [1.165, 1.54) is 0 Å². The lowest BCUT2D eigenvalue weighted by atomic mass is 10.2. The van der Waals surface area contributed by atoms with Crippen LogP contribution in [0, 0.1) is 0 Å². The van der Waals surface area contributed by atoms with Crippen molar-refractivity contribution >= 4 is 17.4 Å². The normalized spacial score (nSPS) is 16.2. The van der Waals surface area contributed by atoms with E-state index in [1.807, 2.05) is 50.5 Å². The number of nitrogens with zero attached hydrogens (tertiary/aromatic N) is 3. The number of urea groups is 1. The molecule has 0 radical (unpaired) electrons. The van der Waals surface area contributed by atoms with E-state index in [0.29, 0.717) is 6.54 Å². The Hall–Kier alpha value is -1.96. The molecule has 1 fully saturated rings. The molecule has 0 spiro atoms. The van der Waals surface area contributed by atoms with Crippen molar-refractivity contribution in [1.82, 2.24) is 20.1 Å². The second-order valence-corrected chi connectivity index (χ2v) is 7.73. The van der Waals surface area contributed by atoms with Crippen LogP contribution in [-0.2, 0) is 11.3 Å². The van der Waals surface area contributed by atoms with Crippen LogP contribution in [0.5, 0.6) is 0 Å². The highest BCUT2D eigenvalue weighted by Gasteiger charge is 2.17. The van der Waals surface area contributed by atoms with Gasteiger partial charge in [0.25, 0.3) is 0 Å². The Morgan fingerprint density at radius 1 is 1.35 bits per heavy atom. The van der Waals surface area contributed by atoms with E-state index in [1.54, 1.807) is 16.2 Å². The Balaban J connectivity index is 1.48. The van der Waals surface area contributed by atoms with Crippen LogP contribution < -0.4 is 5.32 Å². The molecule has 1 aromatic carbocycles. The van der Waals surface area contributed by atoms with Gasteiger partial charge in [-0.2, -0.15) is 0 Å². The lowest BCUT2D eigenvalue weighted by Gasteiger charge is -2.30. The van der Waals surface area contributed by atoms with Crippen LogP contribution in [0.15, 0.2) is 36.5 Å². The fourth-order valence-corrected chi connectivity index (χ4v) is 3.91. The second kappa shape index (κ2) is 9.12. The van der Waals surface area contributed by atoms with Crippen LogP contribution in [0.2, 0.25) is 0 Å². The Labute approximate surface area is 158 Å². The highest BCUT2D eigenvalue weighted by atomic mass is 32.1. The van der Waals surface area contributed by atoms with Crippen molar-refractivity contribution in [3.63, 3.8) is 0 Å². The highest BCUT2D eigenvalue weighted by Crippen LogP contribution is 2.25. The molecule has 1 aliphatic rings. The van der Waals surface area contributed by atoms with Gasteiger partial charge in [0, 0.05) is 49.4 Å². The molecule has 0 saturated carbocycles. The molecule has 0 bridgehead atoms. The first-order valence-corrected chi connectivity index (χ1v) is 9.75. The van der Waals surface area contributed by atoms with Crippen LogP contribution in [0.3, 0.4) is 0 Å². The molecule has 2 heterocycles. The van der Waals surface area contributed by atoms with Crippen molar-refractivity contribution < 1.29 is 9.53 Å². The zero-order chi connectivity index (χ0) is 18.4. The summed E-state index contributed by atoms with van der Waals surface area (Å²) in [5.74, 6) is 0. The molecule has 0 aliphatic carbocycles. The summed E-state index contributed by atoms with van der Waals surface area (Å²) >= 11 is 1.62. The number of thiazole rings is 1. The Bertz CT molecular complexity index is 701. The minimum atomic E-state index is -0.0552. The molecule has 1 N–H and O–H groups in total. The molecule has 1 aromatic heterocycles. The van der Waals surface area contributed by atoms with E-state index >= 15 is 0 Å². The zero-order valence-corrected chi connectivity index (χ0v) is 16.2. The molecular weight excluding hydrogens is 348 g/mol. The first-order chi connectivity index (χ1) is 12.6. The Morgan fingerprint density at radius 2 is 2.08 bits per heavy atom. The monoisotopic (exact) mass is 374 g/mol. The van der Waals surface area contributed by atoms with Crippen LogP contribution >= 0.6 is 11.3 Å². The van der Waals surface area contributed by atoms with Crippen molar-refractivity contribution in [2.45, 2.75) is 19.5 Å². The van der Waals surface area contributed by atoms with Crippen LogP contribution in [0.25, 0.3) is 10.6 Å². The molecule has 7 heteroatoms.